The van der Waals surface area contributed by atoms with Crippen LogP contribution in [0.2, 0.25) is 0 Å². The number of nitrogens with zero attached hydrogens (tertiary/aromatic N) is 2. The van der Waals surface area contributed by atoms with Crippen molar-refractivity contribution in [1.82, 2.24) is 0 Å². The van der Waals surface area contributed by atoms with E-state index in [1.54, 1.807) is 38.1 Å². The molecule has 0 saturated heterocycles. The minimum Gasteiger partial charge on any atom is -0.508 e. The fraction of sp³-hybridized carbons (Fsp3) is 0.174. The number of anilines is 1. The maximum absolute atomic E-state index is 9.59. The SMILES string of the molecule is COc1ccc(N=C(SC)N(Cc2ccc(O)cc2)c2ccc(OC)cc2)cc1. The topological polar surface area (TPSA) is 54.3 Å². The maximum atomic E-state index is 9.59. The summed E-state index contributed by atoms with van der Waals surface area (Å²) >= 11 is 1.57. The number of phenolic OH excluding ortho intramolecular Hbond substituents is 1. The molecule has 0 bridgehead atoms. The quantitative estimate of drug-likeness (QED) is 0.433. The Balaban J connectivity index is 1.97. The molecule has 0 heterocycles. The Hall–Kier alpha value is -3.12. The van der Waals surface area contributed by atoms with Crippen LogP contribution in [-0.4, -0.2) is 30.7 Å². The van der Waals surface area contributed by atoms with Gasteiger partial charge in [0.25, 0.3) is 0 Å². The Kier molecular flexibility index (Phi) is 7.03. The minimum absolute atomic E-state index is 0.252. The maximum Gasteiger partial charge on any atom is 0.168 e. The van der Waals surface area contributed by atoms with Crippen LogP contribution in [0, 0.1) is 0 Å². The number of methoxy groups -OCH3 is 2. The number of rotatable bonds is 6. The van der Waals surface area contributed by atoms with Crippen molar-refractivity contribution in [3.8, 4) is 17.2 Å². The number of thioether (sulfide) groups is 1. The van der Waals surface area contributed by atoms with E-state index in [9.17, 15) is 5.11 Å². The molecule has 0 spiro atoms. The molecule has 29 heavy (non-hydrogen) atoms. The lowest BCUT2D eigenvalue weighted by atomic mass is 10.2. The number of phenols is 1. The van der Waals surface area contributed by atoms with E-state index in [0.717, 1.165) is 33.6 Å². The first-order chi connectivity index (χ1) is 14.1. The van der Waals surface area contributed by atoms with Crippen molar-refractivity contribution in [1.29, 1.82) is 0 Å². The van der Waals surface area contributed by atoms with Crippen LogP contribution in [0.4, 0.5) is 11.4 Å². The summed E-state index contributed by atoms with van der Waals surface area (Å²) in [5.74, 6) is 1.85. The first-order valence-corrected chi connectivity index (χ1v) is 10.3. The van der Waals surface area contributed by atoms with E-state index in [1.165, 1.54) is 0 Å². The van der Waals surface area contributed by atoms with E-state index in [4.69, 9.17) is 14.5 Å². The molecule has 6 heteroatoms. The van der Waals surface area contributed by atoms with Crippen molar-refractivity contribution < 1.29 is 14.6 Å². The average Bonchev–Trinajstić information content (AvgIpc) is 2.78. The predicted octanol–water partition coefficient (Wildman–Crippen LogP) is 5.47. The van der Waals surface area contributed by atoms with E-state index in [0.29, 0.717) is 6.54 Å². The predicted molar refractivity (Wildman–Crippen MR) is 121 cm³/mol. The van der Waals surface area contributed by atoms with E-state index < -0.39 is 0 Å². The lowest BCUT2D eigenvalue weighted by molar-refractivity contribution is 0.415. The molecule has 0 radical (unpaired) electrons. The van der Waals surface area contributed by atoms with E-state index in [1.807, 2.05) is 66.9 Å². The van der Waals surface area contributed by atoms with Crippen molar-refractivity contribution in [2.24, 2.45) is 4.99 Å². The fourth-order valence-corrected chi connectivity index (χ4v) is 3.39. The summed E-state index contributed by atoms with van der Waals surface area (Å²) in [7, 11) is 3.30. The molecule has 3 aromatic carbocycles. The van der Waals surface area contributed by atoms with Gasteiger partial charge in [-0.15, -0.1) is 0 Å². The molecule has 0 aliphatic heterocycles. The summed E-state index contributed by atoms with van der Waals surface area (Å²) in [6, 6.07) is 22.8. The van der Waals surface area contributed by atoms with Crippen LogP contribution >= 0.6 is 11.8 Å². The molecule has 0 aliphatic rings. The molecular formula is C23H24N2O3S. The Morgan fingerprint density at radius 3 is 1.93 bits per heavy atom. The zero-order valence-corrected chi connectivity index (χ0v) is 17.5. The molecule has 0 aromatic heterocycles. The second-order valence-corrected chi connectivity index (χ2v) is 7.02. The highest BCUT2D eigenvalue weighted by molar-refractivity contribution is 8.13. The number of hydrogen-bond donors (Lipinski definition) is 1. The van der Waals surface area contributed by atoms with Gasteiger partial charge in [-0.1, -0.05) is 23.9 Å². The third-order valence-electron chi connectivity index (χ3n) is 4.37. The van der Waals surface area contributed by atoms with Gasteiger partial charge in [0, 0.05) is 5.69 Å². The highest BCUT2D eigenvalue weighted by Gasteiger charge is 2.15. The van der Waals surface area contributed by atoms with Crippen LogP contribution in [0.25, 0.3) is 0 Å². The molecule has 0 saturated carbocycles. The minimum atomic E-state index is 0.252. The Morgan fingerprint density at radius 1 is 0.862 bits per heavy atom. The van der Waals surface area contributed by atoms with Gasteiger partial charge in [-0.25, -0.2) is 4.99 Å². The van der Waals surface area contributed by atoms with Crippen molar-refractivity contribution in [3.05, 3.63) is 78.4 Å². The van der Waals surface area contributed by atoms with Crippen LogP contribution in [-0.2, 0) is 6.54 Å². The number of amidine groups is 1. The standard InChI is InChI=1S/C23H24N2O3S/c1-27-21-12-6-18(7-13-21)24-23(29-3)25(16-17-4-10-20(26)11-5-17)19-8-14-22(28-2)15-9-19/h4-15,26H,16H2,1-3H3. The van der Waals surface area contributed by atoms with Gasteiger partial charge in [0.05, 0.1) is 26.5 Å². The number of benzene rings is 3. The monoisotopic (exact) mass is 408 g/mol. The largest absolute Gasteiger partial charge is 0.508 e. The van der Waals surface area contributed by atoms with E-state index >= 15 is 0 Å². The number of aromatic hydroxyl groups is 1. The molecule has 3 rings (SSSR count). The first-order valence-electron chi connectivity index (χ1n) is 9.09. The zero-order valence-electron chi connectivity index (χ0n) is 16.7. The van der Waals surface area contributed by atoms with Crippen LogP contribution in [0.3, 0.4) is 0 Å². The van der Waals surface area contributed by atoms with Crippen molar-refractivity contribution in [2.45, 2.75) is 6.54 Å². The Morgan fingerprint density at radius 2 is 1.41 bits per heavy atom. The second kappa shape index (κ2) is 9.89. The van der Waals surface area contributed by atoms with Crippen LogP contribution in [0.15, 0.2) is 77.8 Å². The van der Waals surface area contributed by atoms with Gasteiger partial charge >= 0.3 is 0 Å². The van der Waals surface area contributed by atoms with Crippen LogP contribution in [0.1, 0.15) is 5.56 Å². The van der Waals surface area contributed by atoms with Gasteiger partial charge in [0.2, 0.25) is 0 Å². The van der Waals surface area contributed by atoms with Crippen molar-refractivity contribution >= 4 is 28.3 Å². The second-order valence-electron chi connectivity index (χ2n) is 6.25. The summed E-state index contributed by atoms with van der Waals surface area (Å²) in [6.45, 7) is 0.614. The lowest BCUT2D eigenvalue weighted by Crippen LogP contribution is -2.27. The van der Waals surface area contributed by atoms with Crippen LogP contribution < -0.4 is 14.4 Å². The molecule has 5 nitrogen and oxygen atoms in total. The van der Waals surface area contributed by atoms with E-state index in [2.05, 4.69) is 4.90 Å². The third-order valence-corrected chi connectivity index (χ3v) is 5.05. The van der Waals surface area contributed by atoms with Crippen LogP contribution in [0.5, 0.6) is 17.2 Å². The van der Waals surface area contributed by atoms with Gasteiger partial charge in [-0.2, -0.15) is 0 Å². The first kappa shape index (κ1) is 20.6. The highest BCUT2D eigenvalue weighted by atomic mass is 32.2. The smallest absolute Gasteiger partial charge is 0.168 e. The van der Waals surface area contributed by atoms with Gasteiger partial charge in [0.15, 0.2) is 5.17 Å². The van der Waals surface area contributed by atoms with Crippen molar-refractivity contribution in [3.63, 3.8) is 0 Å². The summed E-state index contributed by atoms with van der Waals surface area (Å²) in [4.78, 5) is 6.99. The normalized spacial score (nSPS) is 11.2. The summed E-state index contributed by atoms with van der Waals surface area (Å²) in [5, 5.41) is 10.4. The van der Waals surface area contributed by atoms with Gasteiger partial charge in [-0.05, 0) is 72.5 Å². The highest BCUT2D eigenvalue weighted by Crippen LogP contribution is 2.27. The molecule has 3 aromatic rings. The van der Waals surface area contributed by atoms with E-state index in [-0.39, 0.29) is 5.75 Å². The summed E-state index contributed by atoms with van der Waals surface area (Å²) in [6.07, 6.45) is 2.01. The fourth-order valence-electron chi connectivity index (χ4n) is 2.80. The molecule has 0 unspecified atom stereocenters. The molecule has 0 aliphatic carbocycles. The Bertz CT molecular complexity index is 939. The molecule has 0 amide bonds. The number of hydrogen-bond acceptors (Lipinski definition) is 5. The third kappa shape index (κ3) is 5.45. The number of ether oxygens (including phenoxy) is 2. The molecule has 0 fully saturated rings. The molecule has 1 N–H and O–H groups in total. The summed E-state index contributed by atoms with van der Waals surface area (Å²) in [5.41, 5.74) is 2.91. The number of aliphatic imine (C=N–C) groups is 1. The molecule has 150 valence electrons. The Labute approximate surface area is 175 Å². The van der Waals surface area contributed by atoms with Gasteiger partial charge in [0.1, 0.15) is 17.2 Å². The molecular weight excluding hydrogens is 384 g/mol. The van der Waals surface area contributed by atoms with Crippen molar-refractivity contribution in [2.75, 3.05) is 25.4 Å². The summed E-state index contributed by atoms with van der Waals surface area (Å²) < 4.78 is 10.5. The van der Waals surface area contributed by atoms with Gasteiger partial charge in [-0.3, -0.25) is 0 Å². The average molecular weight is 409 g/mol. The van der Waals surface area contributed by atoms with Gasteiger partial charge < -0.3 is 19.5 Å². The zero-order chi connectivity index (χ0) is 20.6. The molecule has 0 atom stereocenters. The lowest BCUT2D eigenvalue weighted by Gasteiger charge is -2.25.